The Kier molecular flexibility index (Phi) is 4.82. The molecular formula is C16H20N2O2. The van der Waals surface area contributed by atoms with E-state index in [0.717, 1.165) is 17.0 Å². The fourth-order valence-electron chi connectivity index (χ4n) is 1.88. The lowest BCUT2D eigenvalue weighted by Crippen LogP contribution is -2.03. The van der Waals surface area contributed by atoms with Crippen LogP contribution in [0.2, 0.25) is 0 Å². The van der Waals surface area contributed by atoms with Gasteiger partial charge >= 0.3 is 0 Å². The lowest BCUT2D eigenvalue weighted by Gasteiger charge is -2.13. The van der Waals surface area contributed by atoms with Crippen LogP contribution in [-0.2, 0) is 6.54 Å². The van der Waals surface area contributed by atoms with Crippen LogP contribution in [0.1, 0.15) is 18.1 Å². The van der Waals surface area contributed by atoms with Gasteiger partial charge in [0.25, 0.3) is 0 Å². The van der Waals surface area contributed by atoms with Gasteiger partial charge in [0.2, 0.25) is 5.88 Å². The molecule has 4 heteroatoms. The van der Waals surface area contributed by atoms with Crippen LogP contribution in [0.3, 0.4) is 0 Å². The van der Waals surface area contributed by atoms with Crippen molar-refractivity contribution in [1.29, 1.82) is 0 Å². The molecule has 106 valence electrons. The van der Waals surface area contributed by atoms with Gasteiger partial charge in [-0.1, -0.05) is 12.1 Å². The zero-order valence-corrected chi connectivity index (χ0v) is 12.1. The van der Waals surface area contributed by atoms with Gasteiger partial charge < -0.3 is 14.8 Å². The molecule has 0 radical (unpaired) electrons. The van der Waals surface area contributed by atoms with Crippen LogP contribution in [-0.4, -0.2) is 18.7 Å². The van der Waals surface area contributed by atoms with Crippen LogP contribution < -0.4 is 14.8 Å². The Balaban J connectivity index is 2.05. The zero-order valence-electron chi connectivity index (χ0n) is 12.1. The summed E-state index contributed by atoms with van der Waals surface area (Å²) >= 11 is 0. The topological polar surface area (TPSA) is 43.4 Å². The number of aromatic nitrogens is 1. The number of pyridine rings is 1. The minimum atomic E-state index is 0.624. The molecule has 0 bridgehead atoms. The Morgan fingerprint density at radius 2 is 2.05 bits per heavy atom. The summed E-state index contributed by atoms with van der Waals surface area (Å²) in [6.45, 7) is 5.39. The van der Waals surface area contributed by atoms with Crippen LogP contribution in [0.5, 0.6) is 11.6 Å². The zero-order chi connectivity index (χ0) is 14.4. The summed E-state index contributed by atoms with van der Waals surface area (Å²) in [6.07, 6.45) is 1.81. The van der Waals surface area contributed by atoms with E-state index in [2.05, 4.69) is 23.3 Å². The maximum atomic E-state index is 5.64. The molecule has 0 saturated carbocycles. The van der Waals surface area contributed by atoms with Crippen molar-refractivity contribution in [2.45, 2.75) is 20.4 Å². The predicted octanol–water partition coefficient (Wildman–Crippen LogP) is 3.41. The summed E-state index contributed by atoms with van der Waals surface area (Å²) < 4.78 is 10.7. The molecule has 0 spiro atoms. The van der Waals surface area contributed by atoms with E-state index in [1.54, 1.807) is 13.3 Å². The molecular weight excluding hydrogens is 252 g/mol. The van der Waals surface area contributed by atoms with Gasteiger partial charge in [-0.15, -0.1) is 0 Å². The molecule has 2 aromatic rings. The number of methoxy groups -OCH3 is 1. The normalized spacial score (nSPS) is 10.2. The van der Waals surface area contributed by atoms with Gasteiger partial charge in [-0.2, -0.15) is 0 Å². The highest BCUT2D eigenvalue weighted by molar-refractivity contribution is 5.57. The molecule has 0 atom stereocenters. The summed E-state index contributed by atoms with van der Waals surface area (Å²) in [6, 6.07) is 10.00. The van der Waals surface area contributed by atoms with E-state index < -0.39 is 0 Å². The number of anilines is 1. The molecule has 0 saturated heterocycles. The van der Waals surface area contributed by atoms with Crippen molar-refractivity contribution in [3.8, 4) is 11.6 Å². The number of hydrogen-bond acceptors (Lipinski definition) is 4. The molecule has 1 aromatic heterocycles. The van der Waals surface area contributed by atoms with Crippen molar-refractivity contribution < 1.29 is 9.47 Å². The second kappa shape index (κ2) is 6.80. The van der Waals surface area contributed by atoms with Gasteiger partial charge in [-0.25, -0.2) is 4.98 Å². The highest BCUT2D eigenvalue weighted by Crippen LogP contribution is 2.26. The number of aryl methyl sites for hydroxylation is 1. The molecule has 1 heterocycles. The molecule has 1 aromatic carbocycles. The van der Waals surface area contributed by atoms with Crippen molar-refractivity contribution >= 4 is 5.69 Å². The summed E-state index contributed by atoms with van der Waals surface area (Å²) in [4.78, 5) is 4.19. The highest BCUT2D eigenvalue weighted by atomic mass is 16.5. The van der Waals surface area contributed by atoms with E-state index >= 15 is 0 Å². The first-order chi connectivity index (χ1) is 9.72. The Labute approximate surface area is 119 Å². The second-order valence-corrected chi connectivity index (χ2v) is 4.49. The molecule has 2 rings (SSSR count). The summed E-state index contributed by atoms with van der Waals surface area (Å²) in [5.41, 5.74) is 3.27. The van der Waals surface area contributed by atoms with E-state index in [-0.39, 0.29) is 0 Å². The van der Waals surface area contributed by atoms with E-state index in [9.17, 15) is 0 Å². The van der Waals surface area contributed by atoms with Crippen LogP contribution in [0.25, 0.3) is 0 Å². The first-order valence-corrected chi connectivity index (χ1v) is 6.69. The van der Waals surface area contributed by atoms with Crippen LogP contribution >= 0.6 is 0 Å². The fourth-order valence-corrected chi connectivity index (χ4v) is 1.88. The predicted molar refractivity (Wildman–Crippen MR) is 80.5 cm³/mol. The maximum Gasteiger partial charge on any atom is 0.212 e. The number of rotatable bonds is 6. The third kappa shape index (κ3) is 3.63. The number of ether oxygens (including phenoxy) is 2. The highest BCUT2D eigenvalue weighted by Gasteiger charge is 2.04. The molecule has 0 amide bonds. The molecule has 20 heavy (non-hydrogen) atoms. The van der Waals surface area contributed by atoms with Gasteiger partial charge in [0.15, 0.2) is 0 Å². The van der Waals surface area contributed by atoms with Gasteiger partial charge in [-0.05, 0) is 37.1 Å². The smallest absolute Gasteiger partial charge is 0.212 e. The quantitative estimate of drug-likeness (QED) is 0.875. The minimum Gasteiger partial charge on any atom is -0.492 e. The summed E-state index contributed by atoms with van der Waals surface area (Å²) in [7, 11) is 1.61. The average molecular weight is 272 g/mol. The monoisotopic (exact) mass is 272 g/mol. The van der Waals surface area contributed by atoms with Crippen molar-refractivity contribution in [3.63, 3.8) is 0 Å². The Morgan fingerprint density at radius 1 is 1.20 bits per heavy atom. The van der Waals surface area contributed by atoms with Crippen LogP contribution in [0.4, 0.5) is 5.69 Å². The Hall–Kier alpha value is -2.23. The third-order valence-corrected chi connectivity index (χ3v) is 2.93. The van der Waals surface area contributed by atoms with Gasteiger partial charge in [0.1, 0.15) is 5.75 Å². The minimum absolute atomic E-state index is 0.624. The lowest BCUT2D eigenvalue weighted by molar-refractivity contribution is 0.341. The molecule has 0 fully saturated rings. The molecule has 0 aliphatic carbocycles. The number of benzene rings is 1. The largest absolute Gasteiger partial charge is 0.492 e. The fraction of sp³-hybridized carbons (Fsp3) is 0.312. The second-order valence-electron chi connectivity index (χ2n) is 4.49. The van der Waals surface area contributed by atoms with Crippen molar-refractivity contribution in [3.05, 3.63) is 47.7 Å². The molecule has 0 aliphatic heterocycles. The Morgan fingerprint density at radius 3 is 2.70 bits per heavy atom. The number of hydrogen-bond donors (Lipinski definition) is 1. The Bertz CT molecular complexity index is 553. The van der Waals surface area contributed by atoms with Crippen molar-refractivity contribution in [1.82, 2.24) is 4.98 Å². The summed E-state index contributed by atoms with van der Waals surface area (Å²) in [5.74, 6) is 1.51. The lowest BCUT2D eigenvalue weighted by atomic mass is 10.2. The summed E-state index contributed by atoms with van der Waals surface area (Å²) in [5, 5.41) is 3.37. The van der Waals surface area contributed by atoms with E-state index in [1.807, 2.05) is 31.2 Å². The molecule has 1 N–H and O–H groups in total. The molecule has 0 aliphatic rings. The maximum absolute atomic E-state index is 5.64. The van der Waals surface area contributed by atoms with Crippen LogP contribution in [0.15, 0.2) is 36.5 Å². The van der Waals surface area contributed by atoms with Crippen molar-refractivity contribution in [2.24, 2.45) is 0 Å². The average Bonchev–Trinajstić information content (AvgIpc) is 2.47. The number of nitrogens with zero attached hydrogens (tertiary/aromatic N) is 1. The first kappa shape index (κ1) is 14.2. The standard InChI is InChI=1S/C16H20N2O2/c1-4-20-15-9-12(2)5-7-14(15)17-10-13-6-8-16(19-3)18-11-13/h5-9,11,17H,4,10H2,1-3H3. The van der Waals surface area contributed by atoms with Gasteiger partial charge in [-0.3, -0.25) is 0 Å². The SMILES string of the molecule is CCOc1cc(C)ccc1NCc1ccc(OC)nc1. The van der Waals surface area contributed by atoms with Crippen molar-refractivity contribution in [2.75, 3.05) is 19.0 Å². The molecule has 4 nitrogen and oxygen atoms in total. The van der Waals surface area contributed by atoms with Gasteiger partial charge in [0.05, 0.1) is 19.4 Å². The van der Waals surface area contributed by atoms with Gasteiger partial charge in [0, 0.05) is 18.8 Å². The molecule has 0 unspecified atom stereocenters. The third-order valence-electron chi connectivity index (χ3n) is 2.93. The van der Waals surface area contributed by atoms with E-state index in [0.29, 0.717) is 19.0 Å². The number of nitrogens with one attached hydrogen (secondary N) is 1. The first-order valence-electron chi connectivity index (χ1n) is 6.69. The van der Waals surface area contributed by atoms with E-state index in [4.69, 9.17) is 9.47 Å². The van der Waals surface area contributed by atoms with E-state index in [1.165, 1.54) is 5.56 Å². The van der Waals surface area contributed by atoms with Crippen LogP contribution in [0, 0.1) is 6.92 Å².